The van der Waals surface area contributed by atoms with Crippen LogP contribution < -0.4 is 10.1 Å². The Morgan fingerprint density at radius 3 is 2.73 bits per heavy atom. The number of ether oxygens (including phenoxy) is 1. The minimum absolute atomic E-state index is 0.234. The Bertz CT molecular complexity index is 1220. The summed E-state index contributed by atoms with van der Waals surface area (Å²) >= 11 is 5.78. The number of aromatic nitrogens is 2. The lowest BCUT2D eigenvalue weighted by Crippen LogP contribution is -2.36. The number of halogens is 1. The molecule has 2 N–H and O–H groups in total. The van der Waals surface area contributed by atoms with Gasteiger partial charge < -0.3 is 19.9 Å². The minimum atomic E-state index is -0.234. The molecule has 33 heavy (non-hydrogen) atoms. The fourth-order valence-electron chi connectivity index (χ4n) is 3.89. The molecule has 5 nitrogen and oxygen atoms in total. The lowest BCUT2D eigenvalue weighted by molar-refractivity contribution is 0.340. The van der Waals surface area contributed by atoms with E-state index in [1.807, 2.05) is 56.4 Å². The quantitative estimate of drug-likeness (QED) is 0.322. The van der Waals surface area contributed by atoms with Gasteiger partial charge in [0.1, 0.15) is 11.6 Å². The van der Waals surface area contributed by atoms with E-state index in [0.29, 0.717) is 24.8 Å². The van der Waals surface area contributed by atoms with Crippen LogP contribution in [-0.2, 0) is 13.0 Å². The molecule has 0 aliphatic heterocycles. The minimum Gasteiger partial charge on any atom is -0.494 e. The van der Waals surface area contributed by atoms with E-state index in [9.17, 15) is 4.39 Å². The average Bonchev–Trinajstić information content (AvgIpc) is 3.13. The highest BCUT2D eigenvalue weighted by Crippen LogP contribution is 2.24. The van der Waals surface area contributed by atoms with E-state index in [4.69, 9.17) is 17.0 Å². The maximum Gasteiger partial charge on any atom is 0.173 e. The summed E-state index contributed by atoms with van der Waals surface area (Å²) in [6.45, 7) is 5.90. The van der Waals surface area contributed by atoms with E-state index in [2.05, 4.69) is 20.2 Å². The Labute approximate surface area is 198 Å². The summed E-state index contributed by atoms with van der Waals surface area (Å²) in [7, 11) is 0. The van der Waals surface area contributed by atoms with Crippen molar-refractivity contribution in [1.29, 1.82) is 0 Å². The summed E-state index contributed by atoms with van der Waals surface area (Å²) in [6.07, 6.45) is 4.33. The highest BCUT2D eigenvalue weighted by atomic mass is 32.1. The molecule has 170 valence electrons. The fraction of sp³-hybridized carbons (Fsp3) is 0.231. The molecular weight excluding hydrogens is 435 g/mol. The first-order chi connectivity index (χ1) is 16.0. The second kappa shape index (κ2) is 10.4. The number of aryl methyl sites for hydroxylation is 1. The number of thiocarbonyl (C=S) groups is 1. The predicted octanol–water partition coefficient (Wildman–Crippen LogP) is 5.85. The van der Waals surface area contributed by atoms with E-state index in [-0.39, 0.29) is 5.82 Å². The molecule has 0 fully saturated rings. The molecule has 0 unspecified atom stereocenters. The number of hydrogen-bond acceptors (Lipinski definition) is 3. The molecular formula is C26H27FN4OS. The maximum atomic E-state index is 13.9. The van der Waals surface area contributed by atoms with Crippen molar-refractivity contribution in [3.8, 4) is 5.75 Å². The van der Waals surface area contributed by atoms with E-state index in [1.165, 1.54) is 6.07 Å². The van der Waals surface area contributed by atoms with E-state index in [0.717, 1.165) is 45.6 Å². The zero-order chi connectivity index (χ0) is 23.2. The van der Waals surface area contributed by atoms with Gasteiger partial charge in [-0.05, 0) is 92.1 Å². The molecule has 4 aromatic rings. The van der Waals surface area contributed by atoms with E-state index >= 15 is 0 Å². The molecule has 7 heteroatoms. The predicted molar refractivity (Wildman–Crippen MR) is 135 cm³/mol. The third-order valence-electron chi connectivity index (χ3n) is 5.51. The smallest absolute Gasteiger partial charge is 0.173 e. The Balaban J connectivity index is 1.53. The first kappa shape index (κ1) is 22.7. The summed E-state index contributed by atoms with van der Waals surface area (Å²) in [5, 5.41) is 4.87. The van der Waals surface area contributed by atoms with Gasteiger partial charge in [0.15, 0.2) is 5.11 Å². The normalized spacial score (nSPS) is 10.9. The third-order valence-corrected chi connectivity index (χ3v) is 5.87. The summed E-state index contributed by atoms with van der Waals surface area (Å²) in [6, 6.07) is 16.6. The number of nitrogens with zero attached hydrogens (tertiary/aromatic N) is 2. The van der Waals surface area contributed by atoms with Crippen LogP contribution in [0.3, 0.4) is 0 Å². The Kier molecular flexibility index (Phi) is 7.19. The van der Waals surface area contributed by atoms with Gasteiger partial charge in [-0.15, -0.1) is 0 Å². The molecule has 0 saturated carbocycles. The van der Waals surface area contributed by atoms with Crippen LogP contribution in [0.1, 0.15) is 23.7 Å². The molecule has 0 amide bonds. The van der Waals surface area contributed by atoms with Gasteiger partial charge in [-0.25, -0.2) is 4.39 Å². The van der Waals surface area contributed by atoms with Gasteiger partial charge in [-0.3, -0.25) is 4.98 Å². The van der Waals surface area contributed by atoms with Gasteiger partial charge in [-0.1, -0.05) is 6.07 Å². The number of H-pyrrole nitrogens is 1. The number of nitrogens with one attached hydrogen (secondary N) is 2. The van der Waals surface area contributed by atoms with Crippen molar-refractivity contribution in [2.75, 3.05) is 18.5 Å². The van der Waals surface area contributed by atoms with Crippen LogP contribution in [0.2, 0.25) is 0 Å². The van der Waals surface area contributed by atoms with Crippen molar-refractivity contribution in [3.63, 3.8) is 0 Å². The Hall–Kier alpha value is -3.45. The molecule has 0 aliphatic carbocycles. The lowest BCUT2D eigenvalue weighted by atomic mass is 10.1. The van der Waals surface area contributed by atoms with Gasteiger partial charge in [-0.2, -0.15) is 0 Å². The monoisotopic (exact) mass is 462 g/mol. The van der Waals surface area contributed by atoms with Crippen LogP contribution in [0.25, 0.3) is 10.9 Å². The van der Waals surface area contributed by atoms with Crippen LogP contribution in [0.4, 0.5) is 10.1 Å². The van der Waals surface area contributed by atoms with Crippen molar-refractivity contribution >= 4 is 33.9 Å². The van der Waals surface area contributed by atoms with Crippen LogP contribution in [0, 0.1) is 12.7 Å². The van der Waals surface area contributed by atoms with Crippen LogP contribution >= 0.6 is 12.2 Å². The molecule has 0 atom stereocenters. The zero-order valence-electron chi connectivity index (χ0n) is 18.8. The molecule has 0 saturated heterocycles. The average molecular weight is 463 g/mol. The van der Waals surface area contributed by atoms with Gasteiger partial charge in [0.05, 0.1) is 6.61 Å². The molecule has 2 aromatic carbocycles. The van der Waals surface area contributed by atoms with E-state index < -0.39 is 0 Å². The molecule has 0 radical (unpaired) electrons. The topological polar surface area (TPSA) is 53.2 Å². The van der Waals surface area contributed by atoms with Crippen LogP contribution in [-0.4, -0.2) is 33.1 Å². The fourth-order valence-corrected chi connectivity index (χ4v) is 4.17. The maximum absolute atomic E-state index is 13.9. The first-order valence-corrected chi connectivity index (χ1v) is 11.4. The Morgan fingerprint density at radius 1 is 1.18 bits per heavy atom. The number of hydrogen-bond donors (Lipinski definition) is 2. The van der Waals surface area contributed by atoms with Crippen molar-refractivity contribution in [3.05, 3.63) is 89.6 Å². The molecule has 2 heterocycles. The molecule has 0 bridgehead atoms. The first-order valence-electron chi connectivity index (χ1n) is 11.0. The van der Waals surface area contributed by atoms with Crippen molar-refractivity contribution in [1.82, 2.24) is 14.9 Å². The summed E-state index contributed by atoms with van der Waals surface area (Å²) < 4.78 is 19.4. The van der Waals surface area contributed by atoms with Crippen LogP contribution in [0.15, 0.2) is 67.0 Å². The number of fused-ring (bicyclic) bond motifs is 1. The van der Waals surface area contributed by atoms with Crippen molar-refractivity contribution < 1.29 is 9.13 Å². The standard InChI is InChI=1S/C26H27FN4OS/c1-3-32-22-9-7-21(8-10-22)30-26(33)31(17-19-5-4-13-28-16-19)14-12-23-18(2)29-25-11-6-20(27)15-24(23)25/h4-11,13,15-16,29H,3,12,14,17H2,1-2H3,(H,30,33). The zero-order valence-corrected chi connectivity index (χ0v) is 19.6. The number of benzene rings is 2. The van der Waals surface area contributed by atoms with Gasteiger partial charge in [0.25, 0.3) is 0 Å². The van der Waals surface area contributed by atoms with Gasteiger partial charge in [0, 0.05) is 47.8 Å². The number of pyridine rings is 1. The highest BCUT2D eigenvalue weighted by molar-refractivity contribution is 7.80. The lowest BCUT2D eigenvalue weighted by Gasteiger charge is -2.26. The number of aromatic amines is 1. The third kappa shape index (κ3) is 5.68. The molecule has 2 aromatic heterocycles. The second-order valence-corrected chi connectivity index (χ2v) is 8.23. The number of anilines is 1. The second-order valence-electron chi connectivity index (χ2n) is 7.84. The van der Waals surface area contributed by atoms with E-state index in [1.54, 1.807) is 18.3 Å². The summed E-state index contributed by atoms with van der Waals surface area (Å²) in [5.41, 5.74) is 5.05. The summed E-state index contributed by atoms with van der Waals surface area (Å²) in [5.74, 6) is 0.589. The Morgan fingerprint density at radius 2 is 2.00 bits per heavy atom. The largest absolute Gasteiger partial charge is 0.494 e. The highest BCUT2D eigenvalue weighted by Gasteiger charge is 2.15. The number of rotatable bonds is 8. The molecule has 0 aliphatic rings. The van der Waals surface area contributed by atoms with Gasteiger partial charge in [0.2, 0.25) is 0 Å². The molecule has 0 spiro atoms. The summed E-state index contributed by atoms with van der Waals surface area (Å²) in [4.78, 5) is 9.70. The molecule has 4 rings (SSSR count). The van der Waals surface area contributed by atoms with Gasteiger partial charge >= 0.3 is 0 Å². The SMILES string of the molecule is CCOc1ccc(NC(=S)N(CCc2c(C)[nH]c3ccc(F)cc23)Cc2cccnc2)cc1. The van der Waals surface area contributed by atoms with Crippen LogP contribution in [0.5, 0.6) is 5.75 Å². The van der Waals surface area contributed by atoms with Crippen molar-refractivity contribution in [2.45, 2.75) is 26.8 Å². The van der Waals surface area contributed by atoms with Crippen molar-refractivity contribution in [2.24, 2.45) is 0 Å².